The number of nitrogens with one attached hydrogen (secondary N) is 1. The normalized spacial score (nSPS) is 12.1. The van der Waals surface area contributed by atoms with Crippen molar-refractivity contribution in [2.75, 3.05) is 0 Å². The third kappa shape index (κ3) is 2.23. The maximum Gasteiger partial charge on any atom is 0.325 e. The minimum atomic E-state index is -0.870. The van der Waals surface area contributed by atoms with Gasteiger partial charge in [0.2, 0.25) is 0 Å². The van der Waals surface area contributed by atoms with E-state index in [1.165, 1.54) is 6.20 Å². The molecule has 3 heteroatoms. The molecule has 0 rings (SSSR count). The second-order valence-corrected chi connectivity index (χ2v) is 1.43. The molecule has 0 aromatic rings. The first-order valence-corrected chi connectivity index (χ1v) is 2.28. The van der Waals surface area contributed by atoms with Gasteiger partial charge in [-0.2, -0.15) is 0 Å². The van der Waals surface area contributed by atoms with Crippen molar-refractivity contribution in [1.29, 1.82) is 0 Å². The lowest BCUT2D eigenvalue weighted by Crippen LogP contribution is -2.29. The first-order valence-electron chi connectivity index (χ1n) is 2.28. The Morgan fingerprint density at radius 2 is 2.50 bits per heavy atom. The Bertz CT molecular complexity index is 101. The number of carbonyl (C=O) groups is 1. The average molecular weight is 115 g/mol. The van der Waals surface area contributed by atoms with Gasteiger partial charge in [0.25, 0.3) is 0 Å². The predicted octanol–water partition coefficient (Wildman–Crippen LogP) is 0.193. The Kier molecular flexibility index (Phi) is 2.69. The van der Waals surface area contributed by atoms with E-state index in [9.17, 15) is 4.79 Å². The van der Waals surface area contributed by atoms with Gasteiger partial charge in [-0.1, -0.05) is 6.58 Å². The summed E-state index contributed by atoms with van der Waals surface area (Å²) in [6, 6.07) is -0.535. The Morgan fingerprint density at radius 1 is 2.00 bits per heavy atom. The quantitative estimate of drug-likeness (QED) is 0.552. The predicted molar refractivity (Wildman–Crippen MR) is 30.4 cm³/mol. The van der Waals surface area contributed by atoms with Crippen LogP contribution < -0.4 is 5.32 Å². The molecule has 0 heterocycles. The zero-order chi connectivity index (χ0) is 6.57. The van der Waals surface area contributed by atoms with E-state index in [4.69, 9.17) is 5.11 Å². The summed E-state index contributed by atoms with van der Waals surface area (Å²) in [5.74, 6) is -0.870. The van der Waals surface area contributed by atoms with Crippen molar-refractivity contribution in [2.24, 2.45) is 0 Å². The van der Waals surface area contributed by atoms with Crippen LogP contribution in [0.4, 0.5) is 0 Å². The van der Waals surface area contributed by atoms with E-state index < -0.39 is 12.0 Å². The van der Waals surface area contributed by atoms with Crippen molar-refractivity contribution in [3.8, 4) is 0 Å². The molecule has 0 fully saturated rings. The molecule has 0 aromatic carbocycles. The second kappa shape index (κ2) is 3.07. The van der Waals surface area contributed by atoms with Crippen molar-refractivity contribution in [3.05, 3.63) is 12.8 Å². The van der Waals surface area contributed by atoms with Gasteiger partial charge in [-0.25, -0.2) is 0 Å². The Balaban J connectivity index is 3.46. The summed E-state index contributed by atoms with van der Waals surface area (Å²) in [7, 11) is 0. The third-order valence-corrected chi connectivity index (χ3v) is 0.738. The van der Waals surface area contributed by atoms with Gasteiger partial charge in [-0.15, -0.1) is 0 Å². The topological polar surface area (TPSA) is 49.3 Å². The van der Waals surface area contributed by atoms with Crippen molar-refractivity contribution < 1.29 is 9.90 Å². The smallest absolute Gasteiger partial charge is 0.325 e. The van der Waals surface area contributed by atoms with E-state index in [0.717, 1.165) is 0 Å². The van der Waals surface area contributed by atoms with E-state index in [1.54, 1.807) is 6.92 Å². The minimum absolute atomic E-state index is 0.535. The highest BCUT2D eigenvalue weighted by Gasteiger charge is 2.05. The zero-order valence-electron chi connectivity index (χ0n) is 4.72. The number of carboxylic acid groups (broad SMARTS) is 1. The van der Waals surface area contributed by atoms with E-state index in [2.05, 4.69) is 11.9 Å². The molecule has 0 amide bonds. The summed E-state index contributed by atoms with van der Waals surface area (Å²) in [5, 5.41) is 10.7. The second-order valence-electron chi connectivity index (χ2n) is 1.43. The number of hydrogen-bond donors (Lipinski definition) is 2. The standard InChI is InChI=1S/C5H9NO2/c1-3-6-4(2)5(7)8/h3-4,6H,1H2,2H3,(H,7,8). The number of rotatable bonds is 3. The molecule has 0 bridgehead atoms. The maximum absolute atomic E-state index is 9.98. The maximum atomic E-state index is 9.98. The van der Waals surface area contributed by atoms with Crippen LogP contribution >= 0.6 is 0 Å². The SMILES string of the molecule is C=CNC(C)C(=O)O. The minimum Gasteiger partial charge on any atom is -0.480 e. The number of aliphatic carboxylic acids is 1. The van der Waals surface area contributed by atoms with Crippen molar-refractivity contribution >= 4 is 5.97 Å². The van der Waals surface area contributed by atoms with Crippen LogP contribution in [0, 0.1) is 0 Å². The fraction of sp³-hybridized carbons (Fsp3) is 0.400. The average Bonchev–Trinajstić information content (AvgIpc) is 1.67. The Morgan fingerprint density at radius 3 is 2.62 bits per heavy atom. The summed E-state index contributed by atoms with van der Waals surface area (Å²) in [6.07, 6.45) is 1.36. The highest BCUT2D eigenvalue weighted by atomic mass is 16.4. The van der Waals surface area contributed by atoms with Gasteiger partial charge >= 0.3 is 5.97 Å². The molecule has 0 aliphatic heterocycles. The van der Waals surface area contributed by atoms with Gasteiger partial charge in [-0.05, 0) is 13.1 Å². The zero-order valence-corrected chi connectivity index (χ0v) is 4.72. The summed E-state index contributed by atoms with van der Waals surface area (Å²) in [4.78, 5) is 9.98. The van der Waals surface area contributed by atoms with Gasteiger partial charge in [0.1, 0.15) is 6.04 Å². The molecule has 0 aromatic heterocycles. The monoisotopic (exact) mass is 115 g/mol. The molecular weight excluding hydrogens is 106 g/mol. The molecule has 3 nitrogen and oxygen atoms in total. The third-order valence-electron chi connectivity index (χ3n) is 0.738. The molecule has 8 heavy (non-hydrogen) atoms. The summed E-state index contributed by atoms with van der Waals surface area (Å²) in [6.45, 7) is 4.85. The molecular formula is C5H9NO2. The van der Waals surface area contributed by atoms with E-state index in [0.29, 0.717) is 0 Å². The van der Waals surface area contributed by atoms with Crippen LogP contribution in [0.15, 0.2) is 12.8 Å². The number of carboxylic acids is 1. The highest BCUT2D eigenvalue weighted by molar-refractivity contribution is 5.72. The van der Waals surface area contributed by atoms with E-state index in [1.807, 2.05) is 0 Å². The van der Waals surface area contributed by atoms with Crippen LogP contribution in [-0.2, 0) is 4.79 Å². The lowest BCUT2D eigenvalue weighted by Gasteiger charge is -2.02. The summed E-state index contributed by atoms with van der Waals surface area (Å²) < 4.78 is 0. The van der Waals surface area contributed by atoms with Gasteiger partial charge < -0.3 is 10.4 Å². The molecule has 1 unspecified atom stereocenters. The van der Waals surface area contributed by atoms with Crippen molar-refractivity contribution in [3.63, 3.8) is 0 Å². The lowest BCUT2D eigenvalue weighted by molar-refractivity contribution is -0.138. The van der Waals surface area contributed by atoms with Crippen molar-refractivity contribution in [1.82, 2.24) is 5.32 Å². The van der Waals surface area contributed by atoms with Crippen LogP contribution in [0.5, 0.6) is 0 Å². The summed E-state index contributed by atoms with van der Waals surface area (Å²) in [5.41, 5.74) is 0. The molecule has 0 saturated heterocycles. The number of hydrogen-bond acceptors (Lipinski definition) is 2. The lowest BCUT2D eigenvalue weighted by atomic mass is 10.4. The van der Waals surface area contributed by atoms with Crippen LogP contribution in [0.1, 0.15) is 6.92 Å². The van der Waals surface area contributed by atoms with Gasteiger partial charge in [0, 0.05) is 0 Å². The fourth-order valence-corrected chi connectivity index (χ4v) is 0.248. The Hall–Kier alpha value is -0.990. The van der Waals surface area contributed by atoms with Gasteiger partial charge in [0.15, 0.2) is 0 Å². The van der Waals surface area contributed by atoms with E-state index in [-0.39, 0.29) is 0 Å². The van der Waals surface area contributed by atoms with Gasteiger partial charge in [-0.3, -0.25) is 4.79 Å². The highest BCUT2D eigenvalue weighted by Crippen LogP contribution is 1.77. The van der Waals surface area contributed by atoms with Crippen molar-refractivity contribution in [2.45, 2.75) is 13.0 Å². The fourth-order valence-electron chi connectivity index (χ4n) is 0.248. The Labute approximate surface area is 48.0 Å². The molecule has 1 atom stereocenters. The van der Waals surface area contributed by atoms with Crippen LogP contribution in [0.2, 0.25) is 0 Å². The van der Waals surface area contributed by atoms with Crippen LogP contribution in [0.25, 0.3) is 0 Å². The first-order chi connectivity index (χ1) is 3.68. The molecule has 0 radical (unpaired) electrons. The molecule has 0 spiro atoms. The first kappa shape index (κ1) is 7.01. The summed E-state index contributed by atoms with van der Waals surface area (Å²) >= 11 is 0. The largest absolute Gasteiger partial charge is 0.480 e. The molecule has 46 valence electrons. The van der Waals surface area contributed by atoms with Crippen LogP contribution in [0.3, 0.4) is 0 Å². The van der Waals surface area contributed by atoms with Crippen LogP contribution in [-0.4, -0.2) is 17.1 Å². The molecule has 2 N–H and O–H groups in total. The molecule has 0 aliphatic carbocycles. The van der Waals surface area contributed by atoms with Gasteiger partial charge in [0.05, 0.1) is 0 Å². The van der Waals surface area contributed by atoms with E-state index >= 15 is 0 Å². The molecule has 0 saturated carbocycles. The molecule has 0 aliphatic rings.